The smallest absolute Gasteiger partial charge is 0.0218 e. The molecule has 1 saturated heterocycles. The Morgan fingerprint density at radius 2 is 2.30 bits per heavy atom. The van der Waals surface area contributed by atoms with Crippen molar-refractivity contribution >= 4 is 12.4 Å². The standard InChI is InChI=1S/C7H16N2.ClH/c1-2-9-5-3-4-7(9)6-8;/h7H,2-6,8H2,1H3;1H/t7-;/m0./s1. The van der Waals surface area contributed by atoms with E-state index in [4.69, 9.17) is 5.73 Å². The van der Waals surface area contributed by atoms with Gasteiger partial charge in [-0.2, -0.15) is 0 Å². The van der Waals surface area contributed by atoms with E-state index in [0.717, 1.165) is 6.54 Å². The van der Waals surface area contributed by atoms with Crippen LogP contribution in [0.15, 0.2) is 0 Å². The zero-order valence-electron chi connectivity index (χ0n) is 6.55. The molecule has 0 saturated carbocycles. The molecule has 0 amide bonds. The fraction of sp³-hybridized carbons (Fsp3) is 1.00. The predicted molar refractivity (Wildman–Crippen MR) is 46.6 cm³/mol. The lowest BCUT2D eigenvalue weighted by Crippen LogP contribution is -2.34. The van der Waals surface area contributed by atoms with Crippen molar-refractivity contribution in [3.05, 3.63) is 0 Å². The molecule has 3 heteroatoms. The summed E-state index contributed by atoms with van der Waals surface area (Å²) in [6.07, 6.45) is 2.65. The number of likely N-dealkylation sites (N-methyl/N-ethyl adjacent to an activating group) is 1. The van der Waals surface area contributed by atoms with Crippen LogP contribution in [0.2, 0.25) is 0 Å². The van der Waals surface area contributed by atoms with Crippen molar-refractivity contribution in [1.82, 2.24) is 4.90 Å². The lowest BCUT2D eigenvalue weighted by atomic mass is 10.2. The third kappa shape index (κ3) is 2.11. The quantitative estimate of drug-likeness (QED) is 0.656. The fourth-order valence-corrected chi connectivity index (χ4v) is 1.58. The summed E-state index contributed by atoms with van der Waals surface area (Å²) in [6.45, 7) is 5.47. The van der Waals surface area contributed by atoms with E-state index >= 15 is 0 Å². The number of likely N-dealkylation sites (tertiary alicyclic amines) is 1. The van der Waals surface area contributed by atoms with Gasteiger partial charge in [-0.25, -0.2) is 0 Å². The summed E-state index contributed by atoms with van der Waals surface area (Å²) in [4.78, 5) is 2.46. The molecular weight excluding hydrogens is 148 g/mol. The van der Waals surface area contributed by atoms with Gasteiger partial charge < -0.3 is 5.73 Å². The third-order valence-corrected chi connectivity index (χ3v) is 2.18. The Bertz CT molecular complexity index is 77.7. The normalized spacial score (nSPS) is 26.4. The Morgan fingerprint density at radius 1 is 1.60 bits per heavy atom. The van der Waals surface area contributed by atoms with Crippen LogP contribution in [0, 0.1) is 0 Å². The molecule has 10 heavy (non-hydrogen) atoms. The Balaban J connectivity index is 0.000000810. The first-order chi connectivity index (χ1) is 4.38. The molecule has 2 nitrogen and oxygen atoms in total. The lowest BCUT2D eigenvalue weighted by Gasteiger charge is -2.20. The molecule has 1 fully saturated rings. The Labute approximate surface area is 69.2 Å². The van der Waals surface area contributed by atoms with Crippen LogP contribution in [0.4, 0.5) is 0 Å². The van der Waals surface area contributed by atoms with Crippen LogP contribution in [0.25, 0.3) is 0 Å². The van der Waals surface area contributed by atoms with Crippen LogP contribution in [0.3, 0.4) is 0 Å². The minimum Gasteiger partial charge on any atom is -0.329 e. The molecule has 1 rings (SSSR count). The van der Waals surface area contributed by atoms with Crippen molar-refractivity contribution in [2.24, 2.45) is 5.73 Å². The van der Waals surface area contributed by atoms with Crippen LogP contribution >= 0.6 is 12.4 Å². The summed E-state index contributed by atoms with van der Waals surface area (Å²) < 4.78 is 0. The molecule has 0 spiro atoms. The van der Waals surface area contributed by atoms with Gasteiger partial charge in [-0.3, -0.25) is 4.90 Å². The molecule has 1 aliphatic rings. The molecule has 1 heterocycles. The monoisotopic (exact) mass is 164 g/mol. The van der Waals surface area contributed by atoms with Gasteiger partial charge >= 0.3 is 0 Å². The van der Waals surface area contributed by atoms with Crippen molar-refractivity contribution in [3.63, 3.8) is 0 Å². The summed E-state index contributed by atoms with van der Waals surface area (Å²) in [7, 11) is 0. The van der Waals surface area contributed by atoms with Crippen LogP contribution in [0.1, 0.15) is 19.8 Å². The maximum absolute atomic E-state index is 5.56. The van der Waals surface area contributed by atoms with E-state index in [2.05, 4.69) is 11.8 Å². The van der Waals surface area contributed by atoms with Gasteiger partial charge in [0.1, 0.15) is 0 Å². The SMILES string of the molecule is CCN1CCC[C@H]1CN.Cl. The zero-order chi connectivity index (χ0) is 6.69. The van der Waals surface area contributed by atoms with Gasteiger partial charge in [0, 0.05) is 12.6 Å². The van der Waals surface area contributed by atoms with E-state index < -0.39 is 0 Å². The summed E-state index contributed by atoms with van der Waals surface area (Å²) >= 11 is 0. The Hall–Kier alpha value is 0.210. The van der Waals surface area contributed by atoms with Gasteiger partial charge in [0.25, 0.3) is 0 Å². The highest BCUT2D eigenvalue weighted by Gasteiger charge is 2.20. The summed E-state index contributed by atoms with van der Waals surface area (Å²) in [5, 5.41) is 0. The molecule has 0 aliphatic carbocycles. The molecular formula is C7H17ClN2. The van der Waals surface area contributed by atoms with E-state index in [1.54, 1.807) is 0 Å². The highest BCUT2D eigenvalue weighted by Crippen LogP contribution is 2.14. The minimum absolute atomic E-state index is 0. The van der Waals surface area contributed by atoms with Crippen LogP contribution < -0.4 is 5.73 Å². The van der Waals surface area contributed by atoms with Crippen LogP contribution in [-0.2, 0) is 0 Å². The molecule has 0 unspecified atom stereocenters. The Morgan fingerprint density at radius 3 is 2.70 bits per heavy atom. The second kappa shape index (κ2) is 4.94. The molecule has 0 aromatic rings. The molecule has 62 valence electrons. The average Bonchev–Trinajstić information content (AvgIpc) is 2.33. The van der Waals surface area contributed by atoms with E-state index in [1.165, 1.54) is 25.9 Å². The van der Waals surface area contributed by atoms with Crippen molar-refractivity contribution in [2.75, 3.05) is 19.6 Å². The number of rotatable bonds is 2. The topological polar surface area (TPSA) is 29.3 Å². The minimum atomic E-state index is 0. The van der Waals surface area contributed by atoms with E-state index in [0.29, 0.717) is 6.04 Å². The maximum Gasteiger partial charge on any atom is 0.0218 e. The highest BCUT2D eigenvalue weighted by atomic mass is 35.5. The van der Waals surface area contributed by atoms with E-state index in [9.17, 15) is 0 Å². The molecule has 0 radical (unpaired) electrons. The van der Waals surface area contributed by atoms with Gasteiger partial charge in [-0.15, -0.1) is 12.4 Å². The maximum atomic E-state index is 5.56. The molecule has 0 aromatic carbocycles. The largest absolute Gasteiger partial charge is 0.329 e. The average molecular weight is 165 g/mol. The van der Waals surface area contributed by atoms with Crippen molar-refractivity contribution in [3.8, 4) is 0 Å². The number of nitrogens with zero attached hydrogens (tertiary/aromatic N) is 1. The van der Waals surface area contributed by atoms with Crippen molar-refractivity contribution in [1.29, 1.82) is 0 Å². The van der Waals surface area contributed by atoms with E-state index in [-0.39, 0.29) is 12.4 Å². The molecule has 1 atom stereocenters. The lowest BCUT2D eigenvalue weighted by molar-refractivity contribution is 0.272. The van der Waals surface area contributed by atoms with Crippen LogP contribution in [-0.4, -0.2) is 30.6 Å². The van der Waals surface area contributed by atoms with Crippen LogP contribution in [0.5, 0.6) is 0 Å². The number of hydrogen-bond acceptors (Lipinski definition) is 2. The Kier molecular flexibility index (Phi) is 5.04. The molecule has 0 aromatic heterocycles. The van der Waals surface area contributed by atoms with Crippen molar-refractivity contribution < 1.29 is 0 Å². The second-order valence-corrected chi connectivity index (χ2v) is 2.66. The fourth-order valence-electron chi connectivity index (χ4n) is 1.58. The first kappa shape index (κ1) is 10.2. The van der Waals surface area contributed by atoms with Gasteiger partial charge in [-0.1, -0.05) is 6.92 Å². The van der Waals surface area contributed by atoms with Crippen molar-refractivity contribution in [2.45, 2.75) is 25.8 Å². The second-order valence-electron chi connectivity index (χ2n) is 2.66. The van der Waals surface area contributed by atoms with E-state index in [1.807, 2.05) is 0 Å². The highest BCUT2D eigenvalue weighted by molar-refractivity contribution is 5.85. The molecule has 2 N–H and O–H groups in total. The summed E-state index contributed by atoms with van der Waals surface area (Å²) in [6, 6.07) is 0.690. The number of nitrogens with two attached hydrogens (primary N) is 1. The van der Waals surface area contributed by atoms with Gasteiger partial charge in [-0.05, 0) is 25.9 Å². The molecule has 0 bridgehead atoms. The summed E-state index contributed by atoms with van der Waals surface area (Å²) in [5.74, 6) is 0. The molecule has 1 aliphatic heterocycles. The first-order valence-corrected chi connectivity index (χ1v) is 3.82. The van der Waals surface area contributed by atoms with Gasteiger partial charge in [0.05, 0.1) is 0 Å². The predicted octanol–water partition coefficient (Wildman–Crippen LogP) is 0.851. The zero-order valence-corrected chi connectivity index (χ0v) is 7.36. The number of hydrogen-bond donors (Lipinski definition) is 1. The summed E-state index contributed by atoms with van der Waals surface area (Å²) in [5.41, 5.74) is 5.56. The third-order valence-electron chi connectivity index (χ3n) is 2.18. The number of halogens is 1. The van der Waals surface area contributed by atoms with Gasteiger partial charge in [0.15, 0.2) is 0 Å². The van der Waals surface area contributed by atoms with Gasteiger partial charge in [0.2, 0.25) is 0 Å². The first-order valence-electron chi connectivity index (χ1n) is 3.82.